The molecule has 0 fully saturated rings. The van der Waals surface area contributed by atoms with Crippen LogP contribution in [0.3, 0.4) is 0 Å². The first-order valence-corrected chi connectivity index (χ1v) is 7.14. The van der Waals surface area contributed by atoms with Crippen LogP contribution < -0.4 is 4.74 Å². The first-order chi connectivity index (χ1) is 7.38. The zero-order chi connectivity index (χ0) is 12.2. The molecular weight excluding hydrogens is 248 g/mol. The second-order valence-electron chi connectivity index (χ2n) is 3.54. The van der Waals surface area contributed by atoms with Crippen LogP contribution in [0.1, 0.15) is 12.5 Å². The van der Waals surface area contributed by atoms with Gasteiger partial charge >= 0.3 is 0 Å². The third-order valence-corrected chi connectivity index (χ3v) is 2.76. The van der Waals surface area contributed by atoms with E-state index in [1.54, 1.807) is 24.3 Å². The van der Waals surface area contributed by atoms with E-state index in [-0.39, 0.29) is 5.75 Å². The van der Waals surface area contributed by atoms with Crippen molar-refractivity contribution in [2.75, 3.05) is 6.61 Å². The zero-order valence-electron chi connectivity index (χ0n) is 8.94. The van der Waals surface area contributed by atoms with Gasteiger partial charge in [-0.1, -0.05) is 24.8 Å². The molecule has 0 heterocycles. The van der Waals surface area contributed by atoms with Gasteiger partial charge in [0.25, 0.3) is 0 Å². The predicted octanol–water partition coefficient (Wildman–Crippen LogP) is 2.71. The summed E-state index contributed by atoms with van der Waals surface area (Å²) in [4.78, 5) is 0. The summed E-state index contributed by atoms with van der Waals surface area (Å²) < 4.78 is 27.4. The normalized spacial score (nSPS) is 11.1. The number of ether oxygens (including phenoxy) is 1. The standard InChI is InChI=1S/C11H13ClO3S/c1-9(2)7-15-11-6-4-3-5-10(11)8-16(12,13)14/h3-6H,1,7-8H2,2H3. The van der Waals surface area contributed by atoms with Gasteiger partial charge < -0.3 is 4.74 Å². The summed E-state index contributed by atoms with van der Waals surface area (Å²) in [6.45, 7) is 5.90. The maximum atomic E-state index is 11.0. The van der Waals surface area contributed by atoms with Crippen LogP contribution in [0.5, 0.6) is 5.75 Å². The van der Waals surface area contributed by atoms with Gasteiger partial charge in [0.2, 0.25) is 9.05 Å². The van der Waals surface area contributed by atoms with E-state index in [1.807, 2.05) is 6.92 Å². The van der Waals surface area contributed by atoms with E-state index in [0.717, 1.165) is 5.57 Å². The highest BCUT2D eigenvalue weighted by Crippen LogP contribution is 2.22. The second kappa shape index (κ2) is 5.37. The van der Waals surface area contributed by atoms with E-state index in [4.69, 9.17) is 15.4 Å². The van der Waals surface area contributed by atoms with Gasteiger partial charge in [0.15, 0.2) is 0 Å². The van der Waals surface area contributed by atoms with Crippen molar-refractivity contribution < 1.29 is 13.2 Å². The highest BCUT2D eigenvalue weighted by atomic mass is 35.7. The summed E-state index contributed by atoms with van der Waals surface area (Å²) >= 11 is 0. The van der Waals surface area contributed by atoms with Crippen molar-refractivity contribution in [3.8, 4) is 5.75 Å². The average Bonchev–Trinajstić information content (AvgIpc) is 2.14. The molecule has 0 aliphatic carbocycles. The minimum Gasteiger partial charge on any atom is -0.489 e. The molecule has 0 atom stereocenters. The lowest BCUT2D eigenvalue weighted by atomic mass is 10.2. The van der Waals surface area contributed by atoms with Gasteiger partial charge in [0.05, 0.1) is 5.75 Å². The second-order valence-corrected chi connectivity index (χ2v) is 6.31. The molecule has 0 bridgehead atoms. The molecule has 1 aromatic rings. The van der Waals surface area contributed by atoms with Crippen LogP contribution >= 0.6 is 10.7 Å². The SMILES string of the molecule is C=C(C)COc1ccccc1CS(=O)(=O)Cl. The monoisotopic (exact) mass is 260 g/mol. The summed E-state index contributed by atoms with van der Waals surface area (Å²) in [5, 5.41) is 0. The Kier molecular flexibility index (Phi) is 4.38. The Balaban J connectivity index is 2.87. The largest absolute Gasteiger partial charge is 0.489 e. The van der Waals surface area contributed by atoms with Crippen molar-refractivity contribution in [3.05, 3.63) is 42.0 Å². The number of halogens is 1. The van der Waals surface area contributed by atoms with Crippen molar-refractivity contribution in [2.45, 2.75) is 12.7 Å². The Bertz CT molecular complexity index is 480. The maximum absolute atomic E-state index is 11.0. The molecular formula is C11H13ClO3S. The fraction of sp³-hybridized carbons (Fsp3) is 0.273. The van der Waals surface area contributed by atoms with E-state index < -0.39 is 9.05 Å². The third kappa shape index (κ3) is 4.68. The van der Waals surface area contributed by atoms with Crippen molar-refractivity contribution >= 4 is 19.7 Å². The summed E-state index contributed by atoms with van der Waals surface area (Å²) in [6, 6.07) is 6.90. The lowest BCUT2D eigenvalue weighted by molar-refractivity contribution is 0.350. The molecule has 1 rings (SSSR count). The number of para-hydroxylation sites is 1. The Morgan fingerprint density at radius 2 is 2.06 bits per heavy atom. The highest BCUT2D eigenvalue weighted by molar-refractivity contribution is 8.13. The Labute approximate surface area is 100 Å². The average molecular weight is 261 g/mol. The fourth-order valence-electron chi connectivity index (χ4n) is 1.15. The molecule has 0 aliphatic heterocycles. The number of hydrogen-bond acceptors (Lipinski definition) is 3. The minimum absolute atomic E-state index is 0.235. The van der Waals surface area contributed by atoms with Crippen LogP contribution in [0.15, 0.2) is 36.4 Å². The van der Waals surface area contributed by atoms with E-state index >= 15 is 0 Å². The first kappa shape index (κ1) is 13.1. The van der Waals surface area contributed by atoms with Crippen molar-refractivity contribution in [3.63, 3.8) is 0 Å². The molecule has 0 N–H and O–H groups in total. The molecule has 0 saturated heterocycles. The Morgan fingerprint density at radius 3 is 2.62 bits per heavy atom. The summed E-state index contributed by atoms with van der Waals surface area (Å²) in [7, 11) is 1.63. The molecule has 0 saturated carbocycles. The highest BCUT2D eigenvalue weighted by Gasteiger charge is 2.11. The van der Waals surface area contributed by atoms with Gasteiger partial charge in [0, 0.05) is 16.2 Å². The van der Waals surface area contributed by atoms with E-state index in [1.165, 1.54) is 0 Å². The van der Waals surface area contributed by atoms with E-state index in [2.05, 4.69) is 6.58 Å². The van der Waals surface area contributed by atoms with Crippen LogP contribution in [0.25, 0.3) is 0 Å². The third-order valence-electron chi connectivity index (χ3n) is 1.77. The summed E-state index contributed by atoms with van der Waals surface area (Å²) in [5.74, 6) is 0.288. The topological polar surface area (TPSA) is 43.4 Å². The zero-order valence-corrected chi connectivity index (χ0v) is 10.5. The summed E-state index contributed by atoms with van der Waals surface area (Å²) in [5.41, 5.74) is 1.42. The Morgan fingerprint density at radius 1 is 1.44 bits per heavy atom. The first-order valence-electron chi connectivity index (χ1n) is 4.66. The number of benzene rings is 1. The van der Waals surface area contributed by atoms with E-state index in [9.17, 15) is 8.42 Å². The molecule has 5 heteroatoms. The molecule has 3 nitrogen and oxygen atoms in total. The van der Waals surface area contributed by atoms with Crippen molar-refractivity contribution in [2.24, 2.45) is 0 Å². The quantitative estimate of drug-likeness (QED) is 0.604. The van der Waals surface area contributed by atoms with Crippen molar-refractivity contribution in [1.82, 2.24) is 0 Å². The van der Waals surface area contributed by atoms with Gasteiger partial charge in [-0.2, -0.15) is 0 Å². The molecule has 0 radical (unpaired) electrons. The molecule has 1 aromatic carbocycles. The Hall–Kier alpha value is -1.00. The van der Waals surface area contributed by atoms with Crippen LogP contribution in [0, 0.1) is 0 Å². The van der Waals surface area contributed by atoms with Crippen LogP contribution in [-0.2, 0) is 14.8 Å². The van der Waals surface area contributed by atoms with Gasteiger partial charge in [0.1, 0.15) is 12.4 Å². The molecule has 0 amide bonds. The van der Waals surface area contributed by atoms with Crippen LogP contribution in [0.2, 0.25) is 0 Å². The lowest BCUT2D eigenvalue weighted by Crippen LogP contribution is -2.03. The van der Waals surface area contributed by atoms with Gasteiger partial charge in [-0.05, 0) is 18.6 Å². The maximum Gasteiger partial charge on any atom is 0.236 e. The molecule has 16 heavy (non-hydrogen) atoms. The van der Waals surface area contributed by atoms with Gasteiger partial charge in [-0.15, -0.1) is 0 Å². The number of rotatable bonds is 5. The smallest absolute Gasteiger partial charge is 0.236 e. The molecule has 0 aliphatic rings. The lowest BCUT2D eigenvalue weighted by Gasteiger charge is -2.09. The van der Waals surface area contributed by atoms with E-state index in [0.29, 0.717) is 17.9 Å². The van der Waals surface area contributed by atoms with Crippen molar-refractivity contribution in [1.29, 1.82) is 0 Å². The molecule has 0 unspecified atom stereocenters. The van der Waals surface area contributed by atoms with Crippen LogP contribution in [-0.4, -0.2) is 15.0 Å². The van der Waals surface area contributed by atoms with Gasteiger partial charge in [-0.3, -0.25) is 0 Å². The van der Waals surface area contributed by atoms with Gasteiger partial charge in [-0.25, -0.2) is 8.42 Å². The molecule has 88 valence electrons. The minimum atomic E-state index is -3.57. The molecule has 0 aromatic heterocycles. The summed E-state index contributed by atoms with van der Waals surface area (Å²) in [6.07, 6.45) is 0. The predicted molar refractivity (Wildman–Crippen MR) is 65.2 cm³/mol. The van der Waals surface area contributed by atoms with Crippen LogP contribution in [0.4, 0.5) is 0 Å². The molecule has 0 spiro atoms. The fourth-order valence-corrected chi connectivity index (χ4v) is 2.11. The number of hydrogen-bond donors (Lipinski definition) is 0.